The molecule has 3 aromatic heterocycles. The first-order chi connectivity index (χ1) is 15.6. The Bertz CT molecular complexity index is 1400. The third-order valence-corrected chi connectivity index (χ3v) is 7.25. The number of aromatic nitrogens is 4. The molecule has 8 heteroatoms. The lowest BCUT2D eigenvalue weighted by molar-refractivity contribution is -0.129. The smallest absolute Gasteiger partial charge is 0.223 e. The predicted molar refractivity (Wildman–Crippen MR) is 128 cm³/mol. The van der Waals surface area contributed by atoms with Crippen molar-refractivity contribution in [3.8, 4) is 11.1 Å². The summed E-state index contributed by atoms with van der Waals surface area (Å²) in [6.45, 7) is 6.28. The molecule has 0 saturated carbocycles. The topological polar surface area (TPSA) is 66.6 Å². The summed E-state index contributed by atoms with van der Waals surface area (Å²) in [5, 5.41) is 5.69. The molecule has 7 nitrogen and oxygen atoms in total. The van der Waals surface area contributed by atoms with Crippen molar-refractivity contribution in [3.05, 3.63) is 59.5 Å². The van der Waals surface area contributed by atoms with Gasteiger partial charge in [0.25, 0.3) is 0 Å². The standard InChI is InChI=1S/C24H21BrN6O/c1-2-20-22(25)24(29-9-10-30-17(14-29)7-8-21(30)32)28-23-18(13-27-31(20)23)16-11-15-5-3-4-6-19(15)26-12-16/h2-6,11-13,17H,1,7-10,14H2. The first-order valence-electron chi connectivity index (χ1n) is 10.7. The van der Waals surface area contributed by atoms with Gasteiger partial charge in [-0.05, 0) is 40.6 Å². The van der Waals surface area contributed by atoms with Crippen LogP contribution in [0, 0.1) is 0 Å². The Morgan fingerprint density at radius 1 is 1.19 bits per heavy atom. The third-order valence-electron chi connectivity index (χ3n) is 6.49. The number of para-hydroxylation sites is 1. The van der Waals surface area contributed by atoms with Crippen molar-refractivity contribution < 1.29 is 4.79 Å². The SMILES string of the molecule is C=Cc1c(Br)c(N2CCN3C(=O)CCC3C2)nc2c(-c3cnc4ccccc4c3)cnn12. The molecule has 160 valence electrons. The fourth-order valence-electron chi connectivity index (χ4n) is 4.85. The van der Waals surface area contributed by atoms with E-state index in [-0.39, 0.29) is 11.9 Å². The lowest BCUT2D eigenvalue weighted by Gasteiger charge is -2.38. The second-order valence-electron chi connectivity index (χ2n) is 8.27. The average molecular weight is 489 g/mol. The molecule has 4 aromatic rings. The lowest BCUT2D eigenvalue weighted by atomic mass is 10.1. The molecule has 2 saturated heterocycles. The molecule has 1 amide bonds. The largest absolute Gasteiger partial charge is 0.352 e. The molecule has 32 heavy (non-hydrogen) atoms. The Labute approximate surface area is 193 Å². The van der Waals surface area contributed by atoms with Crippen LogP contribution >= 0.6 is 15.9 Å². The molecule has 2 fully saturated rings. The summed E-state index contributed by atoms with van der Waals surface area (Å²) < 4.78 is 2.68. The third kappa shape index (κ3) is 2.93. The molecule has 1 atom stereocenters. The molecular weight excluding hydrogens is 468 g/mol. The van der Waals surface area contributed by atoms with E-state index in [9.17, 15) is 4.79 Å². The Morgan fingerprint density at radius 3 is 2.94 bits per heavy atom. The number of carbonyl (C=O) groups excluding carboxylic acids is 1. The molecular formula is C24H21BrN6O. The van der Waals surface area contributed by atoms with E-state index in [4.69, 9.17) is 4.98 Å². The highest BCUT2D eigenvalue weighted by atomic mass is 79.9. The normalized spacial score (nSPS) is 18.5. The van der Waals surface area contributed by atoms with Gasteiger partial charge in [-0.1, -0.05) is 24.8 Å². The minimum atomic E-state index is 0.252. The zero-order valence-electron chi connectivity index (χ0n) is 17.4. The summed E-state index contributed by atoms with van der Waals surface area (Å²) in [5.41, 5.74) is 4.48. The molecule has 2 aliphatic rings. The summed E-state index contributed by atoms with van der Waals surface area (Å²) in [6.07, 6.45) is 7.06. The van der Waals surface area contributed by atoms with Crippen LogP contribution in [0.3, 0.4) is 0 Å². The van der Waals surface area contributed by atoms with Crippen LogP contribution in [0.4, 0.5) is 5.82 Å². The summed E-state index contributed by atoms with van der Waals surface area (Å²) in [7, 11) is 0. The Morgan fingerprint density at radius 2 is 2.06 bits per heavy atom. The van der Waals surface area contributed by atoms with E-state index in [1.807, 2.05) is 40.0 Å². The van der Waals surface area contributed by atoms with Gasteiger partial charge in [-0.15, -0.1) is 0 Å². The van der Waals surface area contributed by atoms with Crippen molar-refractivity contribution in [2.24, 2.45) is 0 Å². The maximum Gasteiger partial charge on any atom is 0.223 e. The first-order valence-corrected chi connectivity index (χ1v) is 11.5. The van der Waals surface area contributed by atoms with Crippen LogP contribution in [0.25, 0.3) is 33.8 Å². The number of carbonyl (C=O) groups is 1. The second kappa shape index (κ2) is 7.41. The molecule has 5 heterocycles. The van der Waals surface area contributed by atoms with Crippen molar-refractivity contribution >= 4 is 50.3 Å². The van der Waals surface area contributed by atoms with Crippen molar-refractivity contribution in [1.82, 2.24) is 24.5 Å². The Kier molecular flexibility index (Phi) is 4.50. The maximum absolute atomic E-state index is 12.1. The molecule has 0 N–H and O–H groups in total. The van der Waals surface area contributed by atoms with E-state index in [0.29, 0.717) is 6.42 Å². The first kappa shape index (κ1) is 19.4. The zero-order valence-corrected chi connectivity index (χ0v) is 19.0. The van der Waals surface area contributed by atoms with Gasteiger partial charge in [0, 0.05) is 54.8 Å². The lowest BCUT2D eigenvalue weighted by Crippen LogP contribution is -2.51. The van der Waals surface area contributed by atoms with Gasteiger partial charge in [-0.3, -0.25) is 9.78 Å². The van der Waals surface area contributed by atoms with Crippen LogP contribution in [0.15, 0.2) is 53.8 Å². The van der Waals surface area contributed by atoms with Crippen LogP contribution in [-0.2, 0) is 4.79 Å². The number of anilines is 1. The van der Waals surface area contributed by atoms with Gasteiger partial charge in [-0.2, -0.15) is 5.10 Å². The van der Waals surface area contributed by atoms with Crippen LogP contribution in [0.5, 0.6) is 0 Å². The summed E-state index contributed by atoms with van der Waals surface area (Å²) in [6, 6.07) is 10.4. The fourth-order valence-corrected chi connectivity index (χ4v) is 5.52. The molecule has 0 aliphatic carbocycles. The Hall–Kier alpha value is -3.26. The van der Waals surface area contributed by atoms with Gasteiger partial charge in [0.15, 0.2) is 5.65 Å². The van der Waals surface area contributed by atoms with E-state index >= 15 is 0 Å². The molecule has 2 aliphatic heterocycles. The van der Waals surface area contributed by atoms with Gasteiger partial charge < -0.3 is 9.80 Å². The minimum absolute atomic E-state index is 0.252. The van der Waals surface area contributed by atoms with Crippen LogP contribution < -0.4 is 4.90 Å². The number of halogens is 1. The average Bonchev–Trinajstić information content (AvgIpc) is 3.41. The quantitative estimate of drug-likeness (QED) is 0.433. The number of amides is 1. The van der Waals surface area contributed by atoms with Gasteiger partial charge in [-0.25, -0.2) is 9.50 Å². The number of fused-ring (bicyclic) bond motifs is 3. The van der Waals surface area contributed by atoms with Gasteiger partial charge in [0.2, 0.25) is 5.91 Å². The summed E-state index contributed by atoms with van der Waals surface area (Å²) in [4.78, 5) is 26.1. The summed E-state index contributed by atoms with van der Waals surface area (Å²) >= 11 is 3.75. The number of hydrogen-bond donors (Lipinski definition) is 0. The maximum atomic E-state index is 12.1. The summed E-state index contributed by atoms with van der Waals surface area (Å²) in [5.74, 6) is 1.13. The number of hydrogen-bond acceptors (Lipinski definition) is 5. The van der Waals surface area contributed by atoms with Crippen LogP contribution in [0.1, 0.15) is 18.5 Å². The highest BCUT2D eigenvalue weighted by Crippen LogP contribution is 2.35. The highest BCUT2D eigenvalue weighted by molar-refractivity contribution is 9.10. The predicted octanol–water partition coefficient (Wildman–Crippen LogP) is 4.16. The van der Waals surface area contributed by atoms with Crippen molar-refractivity contribution in [3.63, 3.8) is 0 Å². The number of benzene rings is 1. The van der Waals surface area contributed by atoms with Crippen molar-refractivity contribution in [2.75, 3.05) is 24.5 Å². The van der Waals surface area contributed by atoms with Crippen LogP contribution in [-0.4, -0.2) is 56.1 Å². The molecule has 1 unspecified atom stereocenters. The number of pyridine rings is 1. The van der Waals surface area contributed by atoms with Gasteiger partial charge in [0.05, 0.1) is 21.9 Å². The molecule has 1 aromatic carbocycles. The highest BCUT2D eigenvalue weighted by Gasteiger charge is 2.36. The minimum Gasteiger partial charge on any atom is -0.352 e. The van der Waals surface area contributed by atoms with E-state index < -0.39 is 0 Å². The molecule has 0 spiro atoms. The van der Waals surface area contributed by atoms with E-state index in [0.717, 1.165) is 69.7 Å². The monoisotopic (exact) mass is 488 g/mol. The molecule has 6 rings (SSSR count). The van der Waals surface area contributed by atoms with Crippen molar-refractivity contribution in [2.45, 2.75) is 18.9 Å². The number of piperazine rings is 1. The van der Waals surface area contributed by atoms with Crippen LogP contribution in [0.2, 0.25) is 0 Å². The fraction of sp³-hybridized carbons (Fsp3) is 0.250. The molecule has 0 radical (unpaired) electrons. The van der Waals surface area contributed by atoms with Gasteiger partial charge >= 0.3 is 0 Å². The zero-order chi connectivity index (χ0) is 21.8. The van der Waals surface area contributed by atoms with E-state index in [1.165, 1.54) is 0 Å². The Balaban J connectivity index is 1.48. The van der Waals surface area contributed by atoms with Gasteiger partial charge in [0.1, 0.15) is 5.82 Å². The number of nitrogens with zero attached hydrogens (tertiary/aromatic N) is 6. The van der Waals surface area contributed by atoms with Crippen molar-refractivity contribution in [1.29, 1.82) is 0 Å². The van der Waals surface area contributed by atoms with E-state index in [1.54, 1.807) is 6.08 Å². The number of rotatable bonds is 3. The second-order valence-corrected chi connectivity index (χ2v) is 9.07. The van der Waals surface area contributed by atoms with E-state index in [2.05, 4.69) is 49.6 Å². The molecule has 0 bridgehead atoms.